The van der Waals surface area contributed by atoms with E-state index in [1.165, 1.54) is 25.7 Å². The van der Waals surface area contributed by atoms with Gasteiger partial charge >= 0.3 is 0 Å². The van der Waals surface area contributed by atoms with Gasteiger partial charge in [0.25, 0.3) is 0 Å². The van der Waals surface area contributed by atoms with Crippen LogP contribution in [-0.4, -0.2) is 31.2 Å². The van der Waals surface area contributed by atoms with Gasteiger partial charge in [-0.15, -0.1) is 0 Å². The predicted molar refractivity (Wildman–Crippen MR) is 102 cm³/mol. The largest absolute Gasteiger partial charge is 0.496 e. The third kappa shape index (κ3) is 4.68. The van der Waals surface area contributed by atoms with Gasteiger partial charge in [0.05, 0.1) is 17.6 Å². The molecule has 8 heteroatoms. The van der Waals surface area contributed by atoms with Gasteiger partial charge in [-0.05, 0) is 51.8 Å². The smallest absolute Gasteiger partial charge is 0.241 e. The normalized spacial score (nSPS) is 16.4. The molecule has 0 unspecified atom stereocenters. The van der Waals surface area contributed by atoms with Crippen LogP contribution in [-0.2, 0) is 10.0 Å². The van der Waals surface area contributed by atoms with E-state index >= 15 is 0 Å². The highest BCUT2D eigenvalue weighted by atomic mass is 32.2. The molecule has 0 atom stereocenters. The van der Waals surface area contributed by atoms with E-state index in [-0.39, 0.29) is 10.8 Å². The van der Waals surface area contributed by atoms with Crippen molar-refractivity contribution in [3.8, 4) is 17.1 Å². The number of benzene rings is 1. The average Bonchev–Trinajstić information content (AvgIpc) is 3.10. The summed E-state index contributed by atoms with van der Waals surface area (Å²) < 4.78 is 38.9. The third-order valence-electron chi connectivity index (χ3n) is 4.56. The Labute approximate surface area is 160 Å². The summed E-state index contributed by atoms with van der Waals surface area (Å²) >= 11 is 0. The molecular weight excluding hydrogens is 366 g/mol. The fourth-order valence-electron chi connectivity index (χ4n) is 3.35. The molecule has 1 fully saturated rings. The molecule has 0 saturated heterocycles. The number of hydrogen-bond acceptors (Lipinski definition) is 6. The molecule has 0 bridgehead atoms. The molecule has 148 valence electrons. The molecule has 1 N–H and O–H groups in total. The van der Waals surface area contributed by atoms with E-state index in [2.05, 4.69) is 14.9 Å². The number of ether oxygens (including phenoxy) is 1. The lowest BCUT2D eigenvalue weighted by Crippen LogP contribution is -2.40. The zero-order valence-electron chi connectivity index (χ0n) is 16.3. The highest BCUT2D eigenvalue weighted by Gasteiger charge is 2.26. The number of aromatic nitrogens is 2. The lowest BCUT2D eigenvalue weighted by atomic mass is 9.89. The molecule has 1 aliphatic carbocycles. The van der Waals surface area contributed by atoms with Gasteiger partial charge in [0.15, 0.2) is 0 Å². The van der Waals surface area contributed by atoms with Crippen LogP contribution in [0, 0.1) is 0 Å². The van der Waals surface area contributed by atoms with Crippen molar-refractivity contribution in [3.05, 3.63) is 24.1 Å². The summed E-state index contributed by atoms with van der Waals surface area (Å²) in [7, 11) is -2.15. The molecule has 1 aliphatic rings. The van der Waals surface area contributed by atoms with E-state index in [1.54, 1.807) is 26.8 Å². The molecule has 1 aromatic heterocycles. The van der Waals surface area contributed by atoms with Crippen LogP contribution in [0.4, 0.5) is 0 Å². The third-order valence-corrected chi connectivity index (χ3v) is 6.31. The Kier molecular flexibility index (Phi) is 5.58. The number of methoxy groups -OCH3 is 1. The zero-order chi connectivity index (χ0) is 19.7. The van der Waals surface area contributed by atoms with Crippen molar-refractivity contribution in [2.75, 3.05) is 7.11 Å². The van der Waals surface area contributed by atoms with E-state index in [1.807, 2.05) is 0 Å². The summed E-state index contributed by atoms with van der Waals surface area (Å²) in [5.74, 6) is 1.74. The Hall–Kier alpha value is -1.93. The standard InChI is InChI=1S/C19H27N3O4S/c1-19(2,3)22-27(23,24)14-10-11-16(25-4)15(12-14)17-20-18(26-21-17)13-8-6-5-7-9-13/h10-13,22H,5-9H2,1-4H3. The molecular formula is C19H27N3O4S. The lowest BCUT2D eigenvalue weighted by Gasteiger charge is -2.20. The van der Waals surface area contributed by atoms with E-state index < -0.39 is 15.6 Å². The highest BCUT2D eigenvalue weighted by Crippen LogP contribution is 2.35. The van der Waals surface area contributed by atoms with Crippen LogP contribution in [0.1, 0.15) is 64.7 Å². The maximum absolute atomic E-state index is 12.7. The van der Waals surface area contributed by atoms with Crippen LogP contribution in [0.2, 0.25) is 0 Å². The molecule has 3 rings (SSSR count). The Morgan fingerprint density at radius 2 is 1.89 bits per heavy atom. The summed E-state index contributed by atoms with van der Waals surface area (Å²) in [6, 6.07) is 4.66. The van der Waals surface area contributed by atoms with Gasteiger partial charge < -0.3 is 9.26 Å². The lowest BCUT2D eigenvalue weighted by molar-refractivity contribution is 0.314. The summed E-state index contributed by atoms with van der Waals surface area (Å²) in [6.07, 6.45) is 5.66. The minimum Gasteiger partial charge on any atom is -0.496 e. The number of nitrogens with zero attached hydrogens (tertiary/aromatic N) is 2. The van der Waals surface area contributed by atoms with E-state index in [0.29, 0.717) is 23.0 Å². The molecule has 1 aromatic carbocycles. The number of nitrogens with one attached hydrogen (secondary N) is 1. The van der Waals surface area contributed by atoms with Crippen LogP contribution in [0.15, 0.2) is 27.6 Å². The molecule has 0 aliphatic heterocycles. The topological polar surface area (TPSA) is 94.3 Å². The summed E-state index contributed by atoms with van der Waals surface area (Å²) in [5.41, 5.74) is -0.0840. The monoisotopic (exact) mass is 393 g/mol. The van der Waals surface area contributed by atoms with Crippen LogP contribution in [0.25, 0.3) is 11.4 Å². The van der Waals surface area contributed by atoms with E-state index in [0.717, 1.165) is 25.7 Å². The van der Waals surface area contributed by atoms with Crippen LogP contribution < -0.4 is 9.46 Å². The Bertz CT molecular complexity index is 894. The molecule has 0 radical (unpaired) electrons. The van der Waals surface area contributed by atoms with Crippen molar-refractivity contribution in [1.82, 2.24) is 14.9 Å². The van der Waals surface area contributed by atoms with Gasteiger partial charge in [0.2, 0.25) is 21.7 Å². The van der Waals surface area contributed by atoms with Crippen molar-refractivity contribution in [2.45, 2.75) is 69.2 Å². The van der Waals surface area contributed by atoms with Crippen molar-refractivity contribution in [1.29, 1.82) is 0 Å². The molecule has 1 saturated carbocycles. The highest BCUT2D eigenvalue weighted by molar-refractivity contribution is 7.89. The van der Waals surface area contributed by atoms with Crippen molar-refractivity contribution < 1.29 is 17.7 Å². The quantitative estimate of drug-likeness (QED) is 0.829. The minimum absolute atomic E-state index is 0.136. The summed E-state index contributed by atoms with van der Waals surface area (Å²) in [4.78, 5) is 4.67. The molecule has 7 nitrogen and oxygen atoms in total. The molecule has 1 heterocycles. The maximum atomic E-state index is 12.7. The Morgan fingerprint density at radius 3 is 2.52 bits per heavy atom. The predicted octanol–water partition coefficient (Wildman–Crippen LogP) is 3.87. The first-order valence-electron chi connectivity index (χ1n) is 9.25. The van der Waals surface area contributed by atoms with Crippen molar-refractivity contribution in [3.63, 3.8) is 0 Å². The van der Waals surface area contributed by atoms with Crippen LogP contribution in [0.5, 0.6) is 5.75 Å². The Balaban J connectivity index is 1.96. The average molecular weight is 394 g/mol. The second kappa shape index (κ2) is 7.59. The first-order valence-corrected chi connectivity index (χ1v) is 10.7. The number of sulfonamides is 1. The first-order chi connectivity index (χ1) is 12.7. The van der Waals surface area contributed by atoms with Crippen LogP contribution in [0.3, 0.4) is 0 Å². The molecule has 27 heavy (non-hydrogen) atoms. The van der Waals surface area contributed by atoms with Gasteiger partial charge in [-0.1, -0.05) is 24.4 Å². The second-order valence-corrected chi connectivity index (χ2v) is 9.69. The minimum atomic E-state index is -3.68. The fourth-order valence-corrected chi connectivity index (χ4v) is 4.80. The van der Waals surface area contributed by atoms with Gasteiger partial charge in [-0.3, -0.25) is 0 Å². The fraction of sp³-hybridized carbons (Fsp3) is 0.579. The second-order valence-electron chi connectivity index (χ2n) is 8.01. The SMILES string of the molecule is COc1ccc(S(=O)(=O)NC(C)(C)C)cc1-c1noc(C2CCCCC2)n1. The van der Waals surface area contributed by atoms with Gasteiger partial charge in [0, 0.05) is 11.5 Å². The summed E-state index contributed by atoms with van der Waals surface area (Å²) in [6.45, 7) is 5.39. The Morgan fingerprint density at radius 1 is 1.19 bits per heavy atom. The van der Waals surface area contributed by atoms with Gasteiger partial charge in [0.1, 0.15) is 5.75 Å². The molecule has 0 amide bonds. The summed E-state index contributed by atoms with van der Waals surface area (Å²) in [5, 5.41) is 4.09. The van der Waals surface area contributed by atoms with Crippen LogP contribution >= 0.6 is 0 Å². The van der Waals surface area contributed by atoms with Gasteiger partial charge in [-0.2, -0.15) is 4.98 Å². The van der Waals surface area contributed by atoms with Crippen molar-refractivity contribution >= 4 is 10.0 Å². The zero-order valence-corrected chi connectivity index (χ0v) is 17.1. The molecule has 0 spiro atoms. The van der Waals surface area contributed by atoms with Crippen molar-refractivity contribution in [2.24, 2.45) is 0 Å². The number of hydrogen-bond donors (Lipinski definition) is 1. The van der Waals surface area contributed by atoms with Gasteiger partial charge in [-0.25, -0.2) is 13.1 Å². The first kappa shape index (κ1) is 19.8. The maximum Gasteiger partial charge on any atom is 0.241 e. The number of rotatable bonds is 5. The van der Waals surface area contributed by atoms with E-state index in [9.17, 15) is 8.42 Å². The van der Waals surface area contributed by atoms with E-state index in [4.69, 9.17) is 9.26 Å². The molecule has 2 aromatic rings.